The van der Waals surface area contributed by atoms with Crippen molar-refractivity contribution in [3.8, 4) is 6.07 Å². The van der Waals surface area contributed by atoms with Crippen LogP contribution in [0.2, 0.25) is 0 Å². The molecule has 4 aliphatic rings. The molecular formula is C20H29N. The predicted molar refractivity (Wildman–Crippen MR) is 85.4 cm³/mol. The van der Waals surface area contributed by atoms with Crippen LogP contribution in [0.4, 0.5) is 0 Å². The van der Waals surface area contributed by atoms with Crippen molar-refractivity contribution < 1.29 is 0 Å². The Kier molecular flexibility index (Phi) is 3.04. The van der Waals surface area contributed by atoms with Crippen LogP contribution in [0.15, 0.2) is 11.6 Å². The maximum atomic E-state index is 9.55. The van der Waals surface area contributed by atoms with Crippen LogP contribution in [-0.4, -0.2) is 0 Å². The Morgan fingerprint density at radius 2 is 1.95 bits per heavy atom. The molecule has 0 amide bonds. The Balaban J connectivity index is 1.68. The van der Waals surface area contributed by atoms with E-state index < -0.39 is 0 Å². The minimum atomic E-state index is 0.333. The fraction of sp³-hybridized carbons (Fsp3) is 0.850. The van der Waals surface area contributed by atoms with E-state index >= 15 is 0 Å². The van der Waals surface area contributed by atoms with Crippen LogP contribution in [0.25, 0.3) is 0 Å². The van der Waals surface area contributed by atoms with Gasteiger partial charge in [0.15, 0.2) is 0 Å². The van der Waals surface area contributed by atoms with Crippen LogP contribution in [-0.2, 0) is 0 Å². The van der Waals surface area contributed by atoms with Gasteiger partial charge in [0, 0.05) is 0 Å². The van der Waals surface area contributed by atoms with E-state index in [4.69, 9.17) is 0 Å². The maximum absolute atomic E-state index is 9.55. The first-order valence-corrected chi connectivity index (χ1v) is 9.19. The number of nitrogens with zero attached hydrogens (tertiary/aromatic N) is 1. The molecule has 1 unspecified atom stereocenters. The van der Waals surface area contributed by atoms with Crippen LogP contribution >= 0.6 is 0 Å². The zero-order valence-electron chi connectivity index (χ0n) is 13.7. The standard InChI is InChI=1S/C20H29N/c1-19-11-4-3-5-14(19)6-8-16-17-9-7-15(13-21)20(17,2)12-10-18(16)19/h5,15-18H,3-4,6-12H2,1-2H3/t15?,16-,17-,18+,19-,20+/m0/s1. The Hall–Kier alpha value is -0.770. The number of hydrogen-bond acceptors (Lipinski definition) is 1. The molecule has 3 saturated carbocycles. The molecule has 21 heavy (non-hydrogen) atoms. The van der Waals surface area contributed by atoms with Crippen LogP contribution < -0.4 is 0 Å². The summed E-state index contributed by atoms with van der Waals surface area (Å²) in [7, 11) is 0. The molecule has 3 fully saturated rings. The second-order valence-corrected chi connectivity index (χ2v) is 8.76. The van der Waals surface area contributed by atoms with E-state index in [-0.39, 0.29) is 0 Å². The van der Waals surface area contributed by atoms with E-state index in [1.807, 2.05) is 0 Å². The second-order valence-electron chi connectivity index (χ2n) is 8.76. The van der Waals surface area contributed by atoms with Crippen LogP contribution in [0, 0.1) is 45.8 Å². The monoisotopic (exact) mass is 283 g/mol. The van der Waals surface area contributed by atoms with Gasteiger partial charge in [-0.3, -0.25) is 0 Å². The van der Waals surface area contributed by atoms with Gasteiger partial charge in [0.2, 0.25) is 0 Å². The van der Waals surface area contributed by atoms with Gasteiger partial charge in [0.1, 0.15) is 0 Å². The summed E-state index contributed by atoms with van der Waals surface area (Å²) in [5, 5.41) is 9.55. The molecule has 0 N–H and O–H groups in total. The van der Waals surface area contributed by atoms with Crippen molar-refractivity contribution in [3.05, 3.63) is 11.6 Å². The van der Waals surface area contributed by atoms with Crippen molar-refractivity contribution in [3.63, 3.8) is 0 Å². The molecule has 0 aliphatic heterocycles. The normalized spacial score (nSPS) is 52.1. The molecule has 1 nitrogen and oxygen atoms in total. The van der Waals surface area contributed by atoms with Gasteiger partial charge in [-0.25, -0.2) is 0 Å². The van der Waals surface area contributed by atoms with Gasteiger partial charge in [-0.15, -0.1) is 0 Å². The molecule has 0 radical (unpaired) electrons. The lowest BCUT2D eigenvalue weighted by Gasteiger charge is -2.57. The van der Waals surface area contributed by atoms with Gasteiger partial charge < -0.3 is 0 Å². The fourth-order valence-electron chi connectivity index (χ4n) is 6.97. The zero-order chi connectivity index (χ0) is 14.7. The van der Waals surface area contributed by atoms with Gasteiger partial charge in [0.25, 0.3) is 0 Å². The van der Waals surface area contributed by atoms with Crippen molar-refractivity contribution >= 4 is 0 Å². The summed E-state index contributed by atoms with van der Waals surface area (Å²) >= 11 is 0. The molecular weight excluding hydrogens is 254 g/mol. The van der Waals surface area contributed by atoms with E-state index in [0.717, 1.165) is 17.8 Å². The molecule has 0 saturated heterocycles. The number of allylic oxidation sites excluding steroid dienone is 2. The molecule has 0 bridgehead atoms. The van der Waals surface area contributed by atoms with E-state index in [1.165, 1.54) is 57.8 Å². The second kappa shape index (κ2) is 4.61. The highest BCUT2D eigenvalue weighted by Gasteiger charge is 2.58. The smallest absolute Gasteiger partial charge is 0.0661 e. The quantitative estimate of drug-likeness (QED) is 0.540. The highest BCUT2D eigenvalue weighted by Crippen LogP contribution is 2.66. The molecule has 4 aliphatic carbocycles. The summed E-state index contributed by atoms with van der Waals surface area (Å²) in [6.45, 7) is 5.03. The van der Waals surface area contributed by atoms with Crippen LogP contribution in [0.1, 0.15) is 71.6 Å². The van der Waals surface area contributed by atoms with Crippen molar-refractivity contribution in [2.24, 2.45) is 34.5 Å². The molecule has 0 aromatic heterocycles. The lowest BCUT2D eigenvalue weighted by molar-refractivity contribution is -0.0443. The third kappa shape index (κ3) is 1.74. The van der Waals surface area contributed by atoms with Crippen molar-refractivity contribution in [1.29, 1.82) is 5.26 Å². The number of fused-ring (bicyclic) bond motifs is 5. The Bertz CT molecular complexity index is 512. The summed E-state index contributed by atoms with van der Waals surface area (Å²) in [6, 6.07) is 2.65. The number of hydrogen-bond donors (Lipinski definition) is 0. The third-order valence-electron chi connectivity index (χ3n) is 8.18. The van der Waals surface area contributed by atoms with Gasteiger partial charge in [-0.2, -0.15) is 5.26 Å². The Morgan fingerprint density at radius 1 is 1.10 bits per heavy atom. The summed E-state index contributed by atoms with van der Waals surface area (Å²) in [5.74, 6) is 2.98. The van der Waals surface area contributed by atoms with Crippen molar-refractivity contribution in [2.45, 2.75) is 71.6 Å². The third-order valence-corrected chi connectivity index (χ3v) is 8.18. The van der Waals surface area contributed by atoms with Gasteiger partial charge in [0.05, 0.1) is 12.0 Å². The van der Waals surface area contributed by atoms with Gasteiger partial charge in [-0.1, -0.05) is 25.5 Å². The predicted octanol–water partition coefficient (Wildman–Crippen LogP) is 5.48. The maximum Gasteiger partial charge on any atom is 0.0661 e. The SMILES string of the molecule is C[C@]12CCCC=C1CC[C@@H]1[C@H]2CC[C@]2(C)C(C#N)CC[C@@H]12. The first kappa shape index (κ1) is 13.9. The first-order chi connectivity index (χ1) is 10.1. The first-order valence-electron chi connectivity index (χ1n) is 9.19. The summed E-state index contributed by atoms with van der Waals surface area (Å²) in [5.41, 5.74) is 2.64. The average molecular weight is 283 g/mol. The van der Waals surface area contributed by atoms with Crippen LogP contribution in [0.5, 0.6) is 0 Å². The van der Waals surface area contributed by atoms with E-state index in [1.54, 1.807) is 5.57 Å². The molecule has 114 valence electrons. The van der Waals surface area contributed by atoms with E-state index in [0.29, 0.717) is 16.7 Å². The molecule has 0 spiro atoms. The summed E-state index contributed by atoms with van der Waals surface area (Å²) in [4.78, 5) is 0. The molecule has 0 aromatic rings. The van der Waals surface area contributed by atoms with Crippen LogP contribution in [0.3, 0.4) is 0 Å². The zero-order valence-corrected chi connectivity index (χ0v) is 13.7. The minimum Gasteiger partial charge on any atom is -0.198 e. The molecule has 4 rings (SSSR count). The molecule has 1 heteroatoms. The Labute approximate surface area is 129 Å². The summed E-state index contributed by atoms with van der Waals surface area (Å²) in [6.07, 6.45) is 14.7. The van der Waals surface area contributed by atoms with Crippen molar-refractivity contribution in [2.75, 3.05) is 0 Å². The largest absolute Gasteiger partial charge is 0.198 e. The topological polar surface area (TPSA) is 23.8 Å². The van der Waals surface area contributed by atoms with Gasteiger partial charge >= 0.3 is 0 Å². The lowest BCUT2D eigenvalue weighted by Crippen LogP contribution is -2.49. The number of nitriles is 1. The summed E-state index contributed by atoms with van der Waals surface area (Å²) < 4.78 is 0. The highest BCUT2D eigenvalue weighted by atomic mass is 14.6. The van der Waals surface area contributed by atoms with E-state index in [2.05, 4.69) is 26.0 Å². The lowest BCUT2D eigenvalue weighted by atomic mass is 9.47. The molecule has 0 aromatic carbocycles. The average Bonchev–Trinajstić information content (AvgIpc) is 2.83. The van der Waals surface area contributed by atoms with Crippen molar-refractivity contribution in [1.82, 2.24) is 0 Å². The van der Waals surface area contributed by atoms with E-state index in [9.17, 15) is 5.26 Å². The highest BCUT2D eigenvalue weighted by molar-refractivity contribution is 5.24. The number of rotatable bonds is 0. The fourth-order valence-corrected chi connectivity index (χ4v) is 6.97. The molecule has 6 atom stereocenters. The van der Waals surface area contributed by atoms with Gasteiger partial charge in [-0.05, 0) is 86.4 Å². The minimum absolute atomic E-state index is 0.333. The Morgan fingerprint density at radius 3 is 2.76 bits per heavy atom. The molecule has 0 heterocycles.